The zero-order valence-electron chi connectivity index (χ0n) is 16.5. The van der Waals surface area contributed by atoms with Crippen LogP contribution in [0.25, 0.3) is 0 Å². The molecule has 0 radical (unpaired) electrons. The van der Waals surface area contributed by atoms with Crippen molar-refractivity contribution in [1.29, 1.82) is 0 Å². The van der Waals surface area contributed by atoms with Gasteiger partial charge in [0.15, 0.2) is 0 Å². The molecule has 0 aliphatic carbocycles. The predicted molar refractivity (Wildman–Crippen MR) is 94.8 cm³/mol. The van der Waals surface area contributed by atoms with E-state index in [0.717, 1.165) is 51.4 Å². The molecule has 0 aliphatic heterocycles. The normalized spacial score (nSPS) is 13.8. The van der Waals surface area contributed by atoms with Crippen molar-refractivity contribution < 1.29 is 79.4 Å². The standard InChI is InChI=1S/C18H36O6S.K/c1-2-3-4-6-9-12-16(19)15-17(25(22,23)24)13-10-7-5-8-11-14-18(20)21;/h16-17,19H,2-15H2,1H3,(H,20,21)(H,22,23,24);/q;+1/p-2. The zero-order chi connectivity index (χ0) is 19.1. The minimum Gasteiger partial charge on any atom is -0.748 e. The molecule has 0 aromatic heterocycles. The van der Waals surface area contributed by atoms with Crippen LogP contribution in [0.1, 0.15) is 96.8 Å². The molecule has 2 atom stereocenters. The van der Waals surface area contributed by atoms with Crippen molar-refractivity contribution in [1.82, 2.24) is 0 Å². The topological polar surface area (TPSA) is 118 Å². The van der Waals surface area contributed by atoms with E-state index in [1.807, 2.05) is 0 Å². The first-order valence-electron chi connectivity index (χ1n) is 9.60. The molecule has 8 heteroatoms. The molecule has 0 aliphatic rings. The van der Waals surface area contributed by atoms with Gasteiger partial charge in [-0.25, -0.2) is 8.42 Å². The fraction of sp³-hybridized carbons (Fsp3) is 0.944. The van der Waals surface area contributed by atoms with Crippen LogP contribution in [0.4, 0.5) is 0 Å². The smallest absolute Gasteiger partial charge is 0.748 e. The summed E-state index contributed by atoms with van der Waals surface area (Å²) in [6, 6.07) is 0. The van der Waals surface area contributed by atoms with Gasteiger partial charge in [0.1, 0.15) is 0 Å². The molecule has 6 nitrogen and oxygen atoms in total. The Balaban J connectivity index is 0. The molecule has 0 aromatic carbocycles. The molecule has 1 N–H and O–H groups in total. The fourth-order valence-corrected chi connectivity index (χ4v) is 3.87. The number of carboxylic acid groups (broad SMARTS) is 1. The molecular weight excluding hydrogens is 383 g/mol. The number of carbonyl (C=O) groups excluding carboxylic acids is 1. The first-order valence-corrected chi connectivity index (χ1v) is 11.1. The number of hydrogen-bond acceptors (Lipinski definition) is 6. The third-order valence-corrected chi connectivity index (χ3v) is 5.74. The number of unbranched alkanes of at least 4 members (excludes halogenated alkanes) is 8. The number of aliphatic carboxylic acids is 1. The van der Waals surface area contributed by atoms with Crippen LogP contribution in [0.15, 0.2) is 0 Å². The number of hydrogen-bond donors (Lipinski definition) is 1. The first kappa shape index (κ1) is 29.2. The van der Waals surface area contributed by atoms with Gasteiger partial charge in [-0.05, 0) is 32.1 Å². The van der Waals surface area contributed by atoms with Crippen LogP contribution < -0.4 is 56.5 Å². The summed E-state index contributed by atoms with van der Waals surface area (Å²) in [5, 5.41) is 19.3. The second-order valence-corrected chi connectivity index (χ2v) is 8.54. The quantitative estimate of drug-likeness (QED) is 0.194. The minimum absolute atomic E-state index is 0. The Labute approximate surface area is 201 Å². The Kier molecular flexibility index (Phi) is 20.2. The maximum Gasteiger partial charge on any atom is 1.00 e. The molecule has 0 bridgehead atoms. The maximum absolute atomic E-state index is 11.4. The van der Waals surface area contributed by atoms with E-state index in [1.165, 1.54) is 0 Å². The molecule has 0 fully saturated rings. The van der Waals surface area contributed by atoms with Gasteiger partial charge in [0.05, 0.1) is 21.5 Å². The summed E-state index contributed by atoms with van der Waals surface area (Å²) >= 11 is 0. The second kappa shape index (κ2) is 18.0. The Morgan fingerprint density at radius 3 is 1.96 bits per heavy atom. The average Bonchev–Trinajstić information content (AvgIpc) is 2.51. The zero-order valence-corrected chi connectivity index (χ0v) is 20.4. The van der Waals surface area contributed by atoms with Crippen molar-refractivity contribution in [2.45, 2.75) is 108 Å². The Morgan fingerprint density at radius 2 is 1.42 bits per heavy atom. The van der Waals surface area contributed by atoms with E-state index >= 15 is 0 Å². The molecular formula is C18H34KO6S-. The average molecular weight is 418 g/mol. The van der Waals surface area contributed by atoms with Crippen LogP contribution in [0.2, 0.25) is 0 Å². The van der Waals surface area contributed by atoms with Gasteiger partial charge in [-0.15, -0.1) is 0 Å². The van der Waals surface area contributed by atoms with Crippen molar-refractivity contribution in [2.24, 2.45) is 0 Å². The van der Waals surface area contributed by atoms with Crippen molar-refractivity contribution >= 4 is 16.1 Å². The Hall–Kier alpha value is 0.976. The molecule has 26 heavy (non-hydrogen) atoms. The van der Waals surface area contributed by atoms with Gasteiger partial charge in [0.2, 0.25) is 0 Å². The molecule has 150 valence electrons. The fourth-order valence-electron chi connectivity index (χ4n) is 2.96. The summed E-state index contributed by atoms with van der Waals surface area (Å²) in [4.78, 5) is 10.3. The van der Waals surface area contributed by atoms with Crippen molar-refractivity contribution in [3.8, 4) is 0 Å². The van der Waals surface area contributed by atoms with E-state index in [-0.39, 0.29) is 70.6 Å². The summed E-state index contributed by atoms with van der Waals surface area (Å²) in [5.74, 6) is -1.05. The third kappa shape index (κ3) is 18.3. The number of rotatable bonds is 17. The second-order valence-electron chi connectivity index (χ2n) is 6.89. The van der Waals surface area contributed by atoms with Crippen LogP contribution in [-0.4, -0.2) is 35.4 Å². The van der Waals surface area contributed by atoms with Gasteiger partial charge >= 0.3 is 51.4 Å². The maximum atomic E-state index is 11.4. The van der Waals surface area contributed by atoms with Crippen LogP contribution in [0.3, 0.4) is 0 Å². The van der Waals surface area contributed by atoms with E-state index in [9.17, 15) is 28.0 Å². The summed E-state index contributed by atoms with van der Waals surface area (Å²) in [7, 11) is -4.40. The minimum atomic E-state index is -4.40. The van der Waals surface area contributed by atoms with Gasteiger partial charge in [-0.2, -0.15) is 0 Å². The number of carboxylic acids is 1. The molecule has 0 rings (SSSR count). The molecule has 0 amide bonds. The van der Waals surface area contributed by atoms with Crippen molar-refractivity contribution in [3.05, 3.63) is 0 Å². The van der Waals surface area contributed by atoms with Gasteiger partial charge < -0.3 is 19.6 Å². The number of aliphatic hydroxyl groups is 1. The van der Waals surface area contributed by atoms with Gasteiger partial charge in [0.25, 0.3) is 0 Å². The monoisotopic (exact) mass is 417 g/mol. The predicted octanol–water partition coefficient (Wildman–Crippen LogP) is -0.504. The van der Waals surface area contributed by atoms with E-state index in [1.54, 1.807) is 0 Å². The molecule has 0 saturated carbocycles. The van der Waals surface area contributed by atoms with Crippen LogP contribution >= 0.6 is 0 Å². The van der Waals surface area contributed by atoms with E-state index in [2.05, 4.69) is 6.92 Å². The van der Waals surface area contributed by atoms with Gasteiger partial charge in [0, 0.05) is 5.97 Å². The van der Waals surface area contributed by atoms with E-state index < -0.39 is 27.4 Å². The summed E-state index contributed by atoms with van der Waals surface area (Å²) in [5.41, 5.74) is 0. The molecule has 0 spiro atoms. The van der Waals surface area contributed by atoms with Gasteiger partial charge in [-0.3, -0.25) is 0 Å². The van der Waals surface area contributed by atoms with Crippen molar-refractivity contribution in [3.63, 3.8) is 0 Å². The summed E-state index contributed by atoms with van der Waals surface area (Å²) in [6.07, 6.45) is 8.89. The number of carbonyl (C=O) groups is 1. The summed E-state index contributed by atoms with van der Waals surface area (Å²) in [6.45, 7) is 2.13. The van der Waals surface area contributed by atoms with Gasteiger partial charge in [-0.1, -0.05) is 64.7 Å². The van der Waals surface area contributed by atoms with Crippen LogP contribution in [0.5, 0.6) is 0 Å². The van der Waals surface area contributed by atoms with Crippen LogP contribution in [-0.2, 0) is 14.9 Å². The van der Waals surface area contributed by atoms with Crippen LogP contribution in [0, 0.1) is 0 Å². The molecule has 0 aromatic rings. The van der Waals surface area contributed by atoms with Crippen molar-refractivity contribution in [2.75, 3.05) is 0 Å². The SMILES string of the molecule is CCCCCCCC(O)CC(CCCCCCCC(=O)[O-])S(=O)(=O)[O-].[K+]. The Bertz CT molecular complexity index is 441. The first-order chi connectivity index (χ1) is 11.8. The van der Waals surface area contributed by atoms with E-state index in [4.69, 9.17) is 0 Å². The summed E-state index contributed by atoms with van der Waals surface area (Å²) < 4.78 is 34.2. The van der Waals surface area contributed by atoms with E-state index in [0.29, 0.717) is 19.3 Å². The third-order valence-electron chi connectivity index (χ3n) is 4.49. The molecule has 2 unspecified atom stereocenters. The Morgan fingerprint density at radius 1 is 0.923 bits per heavy atom. The molecule has 0 saturated heterocycles. The number of aliphatic hydroxyl groups excluding tert-OH is 1. The molecule has 0 heterocycles. The largest absolute Gasteiger partial charge is 1.00 e.